The zero-order chi connectivity index (χ0) is 18.9. The highest BCUT2D eigenvalue weighted by atomic mass is 16.3. The SMILES string of the molecule is Oc1[nH]c2ccccc2c1C=c1ccc2c(c1)N=NC=2/C=C/c1ccncc1. The molecule has 5 nitrogen and oxygen atoms in total. The molecule has 0 amide bonds. The summed E-state index contributed by atoms with van der Waals surface area (Å²) in [6.07, 6.45) is 9.43. The summed E-state index contributed by atoms with van der Waals surface area (Å²) in [6.45, 7) is 0. The van der Waals surface area contributed by atoms with Crippen molar-refractivity contribution in [1.82, 2.24) is 9.97 Å². The lowest BCUT2D eigenvalue weighted by Crippen LogP contribution is -2.08. The van der Waals surface area contributed by atoms with Crippen LogP contribution < -0.4 is 10.4 Å². The summed E-state index contributed by atoms with van der Waals surface area (Å²) in [5.74, 6) is 0.163. The molecule has 0 radical (unpaired) electrons. The first-order chi connectivity index (χ1) is 13.8. The van der Waals surface area contributed by atoms with E-state index >= 15 is 0 Å². The van der Waals surface area contributed by atoms with Gasteiger partial charge in [0.2, 0.25) is 0 Å². The molecule has 1 aliphatic rings. The second-order valence-corrected chi connectivity index (χ2v) is 6.55. The summed E-state index contributed by atoms with van der Waals surface area (Å²) in [4.78, 5) is 7.02. The van der Waals surface area contributed by atoms with Crippen LogP contribution in [0.5, 0.6) is 5.88 Å². The fraction of sp³-hybridized carbons (Fsp3) is 0. The molecule has 3 heterocycles. The monoisotopic (exact) mass is 364 g/mol. The van der Waals surface area contributed by atoms with Gasteiger partial charge in [-0.15, -0.1) is 10.2 Å². The van der Waals surface area contributed by atoms with Gasteiger partial charge in [-0.3, -0.25) is 4.98 Å². The average Bonchev–Trinajstić information content (AvgIpc) is 3.28. The fourth-order valence-electron chi connectivity index (χ4n) is 3.33. The number of rotatable bonds is 3. The largest absolute Gasteiger partial charge is 0.494 e. The van der Waals surface area contributed by atoms with Gasteiger partial charge < -0.3 is 10.1 Å². The van der Waals surface area contributed by atoms with E-state index in [1.54, 1.807) is 12.4 Å². The molecule has 0 unspecified atom stereocenters. The summed E-state index contributed by atoms with van der Waals surface area (Å²) < 4.78 is 0. The van der Waals surface area contributed by atoms with Crippen LogP contribution in [0.2, 0.25) is 0 Å². The van der Waals surface area contributed by atoms with Crippen LogP contribution in [0.4, 0.5) is 5.69 Å². The number of azo groups is 1. The van der Waals surface area contributed by atoms with Crippen LogP contribution in [-0.2, 0) is 0 Å². The molecule has 2 aromatic carbocycles. The van der Waals surface area contributed by atoms with Crippen molar-refractivity contribution in [1.29, 1.82) is 0 Å². The third kappa shape index (κ3) is 2.89. The Kier molecular flexibility index (Phi) is 3.84. The third-order valence-electron chi connectivity index (χ3n) is 4.74. The van der Waals surface area contributed by atoms with Gasteiger partial charge in [0.05, 0.1) is 11.4 Å². The molecule has 0 atom stereocenters. The number of benzene rings is 2. The molecule has 2 aromatic heterocycles. The van der Waals surface area contributed by atoms with Gasteiger partial charge in [-0.05, 0) is 53.3 Å². The number of H-pyrrole nitrogens is 1. The summed E-state index contributed by atoms with van der Waals surface area (Å²) in [7, 11) is 0. The molecule has 5 heteroatoms. The molecule has 2 N–H and O–H groups in total. The van der Waals surface area contributed by atoms with Gasteiger partial charge in [-0.1, -0.05) is 30.3 Å². The third-order valence-corrected chi connectivity index (χ3v) is 4.74. The van der Waals surface area contributed by atoms with E-state index in [-0.39, 0.29) is 5.88 Å². The molecule has 0 bridgehead atoms. The van der Waals surface area contributed by atoms with Crippen LogP contribution in [-0.4, -0.2) is 15.1 Å². The minimum Gasteiger partial charge on any atom is -0.494 e. The number of nitrogens with one attached hydrogen (secondary N) is 1. The van der Waals surface area contributed by atoms with E-state index < -0.39 is 0 Å². The highest BCUT2D eigenvalue weighted by molar-refractivity contribution is 5.91. The van der Waals surface area contributed by atoms with E-state index in [4.69, 9.17) is 0 Å². The van der Waals surface area contributed by atoms with Crippen molar-refractivity contribution >= 4 is 34.4 Å². The zero-order valence-electron chi connectivity index (χ0n) is 14.9. The van der Waals surface area contributed by atoms with E-state index in [0.29, 0.717) is 0 Å². The topological polar surface area (TPSA) is 73.6 Å². The number of nitrogens with zero attached hydrogens (tertiary/aromatic N) is 3. The second-order valence-electron chi connectivity index (χ2n) is 6.55. The van der Waals surface area contributed by atoms with Crippen LogP contribution in [0.1, 0.15) is 11.1 Å². The van der Waals surface area contributed by atoms with Crippen molar-refractivity contribution in [3.05, 3.63) is 94.6 Å². The van der Waals surface area contributed by atoms with E-state index in [1.165, 1.54) is 0 Å². The first kappa shape index (κ1) is 16.2. The first-order valence-corrected chi connectivity index (χ1v) is 8.93. The molecule has 0 aliphatic carbocycles. The smallest absolute Gasteiger partial charge is 0.196 e. The average molecular weight is 364 g/mol. The number of aromatic nitrogens is 2. The first-order valence-electron chi connectivity index (χ1n) is 8.93. The van der Waals surface area contributed by atoms with E-state index in [1.807, 2.05) is 72.8 Å². The number of fused-ring (bicyclic) bond motifs is 2. The summed E-state index contributed by atoms with van der Waals surface area (Å²) >= 11 is 0. The lowest BCUT2D eigenvalue weighted by atomic mass is 10.1. The molecule has 0 fully saturated rings. The van der Waals surface area contributed by atoms with Crippen LogP contribution in [0.15, 0.2) is 83.3 Å². The van der Waals surface area contributed by atoms with Crippen molar-refractivity contribution in [2.75, 3.05) is 0 Å². The van der Waals surface area contributed by atoms with Crippen LogP contribution in [0, 0.1) is 0 Å². The zero-order valence-corrected chi connectivity index (χ0v) is 14.9. The molecule has 0 spiro atoms. The molecule has 1 aliphatic heterocycles. The van der Waals surface area contributed by atoms with Gasteiger partial charge in [0, 0.05) is 34.1 Å². The Balaban J connectivity index is 1.56. The molecular formula is C23H16N4O. The van der Waals surface area contributed by atoms with E-state index in [9.17, 15) is 5.11 Å². The Morgan fingerprint density at radius 3 is 2.64 bits per heavy atom. The molecule has 4 aromatic rings. The Labute approximate surface area is 160 Å². The van der Waals surface area contributed by atoms with E-state index in [0.717, 1.165) is 43.9 Å². The predicted molar refractivity (Wildman–Crippen MR) is 110 cm³/mol. The summed E-state index contributed by atoms with van der Waals surface area (Å²) in [5.41, 5.74) is 4.39. The lowest BCUT2D eigenvalue weighted by Gasteiger charge is -1.95. The Morgan fingerprint density at radius 2 is 1.75 bits per heavy atom. The Bertz CT molecular complexity index is 1370. The van der Waals surface area contributed by atoms with Gasteiger partial charge in [0.15, 0.2) is 5.88 Å². The second kappa shape index (κ2) is 6.63. The Morgan fingerprint density at radius 1 is 0.893 bits per heavy atom. The van der Waals surface area contributed by atoms with Crippen molar-refractivity contribution in [3.8, 4) is 5.88 Å². The minimum absolute atomic E-state index is 0.163. The minimum atomic E-state index is 0.163. The van der Waals surface area contributed by atoms with Crippen molar-refractivity contribution in [3.63, 3.8) is 0 Å². The summed E-state index contributed by atoms with van der Waals surface area (Å²) in [6, 6.07) is 17.7. The van der Waals surface area contributed by atoms with Crippen LogP contribution >= 0.6 is 0 Å². The molecule has 0 saturated heterocycles. The quantitative estimate of drug-likeness (QED) is 0.576. The molecule has 28 heavy (non-hydrogen) atoms. The van der Waals surface area contributed by atoms with Crippen molar-refractivity contribution in [2.24, 2.45) is 10.2 Å². The number of aromatic hydroxyl groups is 1. The van der Waals surface area contributed by atoms with Gasteiger partial charge >= 0.3 is 0 Å². The predicted octanol–water partition coefficient (Wildman–Crippen LogP) is 4.02. The fourth-order valence-corrected chi connectivity index (χ4v) is 3.33. The number of hydrogen-bond donors (Lipinski definition) is 2. The highest BCUT2D eigenvalue weighted by Crippen LogP contribution is 2.27. The van der Waals surface area contributed by atoms with Gasteiger partial charge in [0.1, 0.15) is 0 Å². The molecule has 0 saturated carbocycles. The van der Waals surface area contributed by atoms with Crippen LogP contribution in [0.25, 0.3) is 28.8 Å². The molecule has 134 valence electrons. The maximum atomic E-state index is 10.3. The maximum Gasteiger partial charge on any atom is 0.196 e. The highest BCUT2D eigenvalue weighted by Gasteiger charge is 2.09. The van der Waals surface area contributed by atoms with Gasteiger partial charge in [-0.25, -0.2) is 0 Å². The molecule has 5 rings (SSSR count). The maximum absolute atomic E-state index is 10.3. The summed E-state index contributed by atoms with van der Waals surface area (Å²) in [5, 5.41) is 21.8. The van der Waals surface area contributed by atoms with Crippen molar-refractivity contribution < 1.29 is 5.11 Å². The number of hydrogen-bond acceptors (Lipinski definition) is 4. The Hall–Kier alpha value is -3.99. The van der Waals surface area contributed by atoms with Gasteiger partial charge in [0.25, 0.3) is 0 Å². The number of pyridine rings is 1. The van der Waals surface area contributed by atoms with Gasteiger partial charge in [-0.2, -0.15) is 0 Å². The number of aromatic amines is 1. The molecular weight excluding hydrogens is 348 g/mol. The van der Waals surface area contributed by atoms with Crippen LogP contribution in [0.3, 0.4) is 0 Å². The van der Waals surface area contributed by atoms with Crippen molar-refractivity contribution in [2.45, 2.75) is 0 Å². The van der Waals surface area contributed by atoms with E-state index in [2.05, 4.69) is 20.2 Å². The lowest BCUT2D eigenvalue weighted by molar-refractivity contribution is 0.457. The number of para-hydroxylation sites is 1. The normalized spacial score (nSPS) is 13.7. The standard InChI is InChI=1S/C23H16N4O/c28-23-19(17-3-1-2-4-20(17)25-23)13-16-5-7-18-21(26-27-22(18)14-16)8-6-15-9-11-24-12-10-15/h1-14,25,28H/b8-6+,16-13?.